The molecule has 1 amide bonds. The Labute approximate surface area is 150 Å². The van der Waals surface area contributed by atoms with Crippen molar-refractivity contribution in [1.82, 2.24) is 0 Å². The van der Waals surface area contributed by atoms with E-state index in [0.29, 0.717) is 27.8 Å². The van der Waals surface area contributed by atoms with Crippen LogP contribution in [-0.4, -0.2) is 18.3 Å². The molecule has 1 unspecified atom stereocenters. The molecule has 0 spiro atoms. The maximum Gasteiger partial charge on any atom is 0.237 e. The highest BCUT2D eigenvalue weighted by atomic mass is 35.5. The summed E-state index contributed by atoms with van der Waals surface area (Å²) in [6, 6.07) is 14.6. The summed E-state index contributed by atoms with van der Waals surface area (Å²) in [5.74, 6) is 1.18. The molecule has 2 aromatic rings. The van der Waals surface area contributed by atoms with Crippen molar-refractivity contribution < 1.29 is 9.53 Å². The number of rotatable bonds is 6. The number of hydrogen-bond acceptors (Lipinski definition) is 4. The van der Waals surface area contributed by atoms with Crippen LogP contribution in [0.15, 0.2) is 42.5 Å². The first-order valence-corrected chi connectivity index (χ1v) is 8.71. The largest absolute Gasteiger partial charge is 0.495 e. The van der Waals surface area contributed by atoms with Crippen molar-refractivity contribution in [2.45, 2.75) is 17.9 Å². The Morgan fingerprint density at radius 1 is 1.33 bits per heavy atom. The number of hydrogen-bond donors (Lipinski definition) is 1. The van der Waals surface area contributed by atoms with Gasteiger partial charge in [0.05, 0.1) is 29.0 Å². The van der Waals surface area contributed by atoms with Gasteiger partial charge in [0.25, 0.3) is 0 Å². The number of halogens is 1. The van der Waals surface area contributed by atoms with Crippen molar-refractivity contribution in [1.29, 1.82) is 5.26 Å². The third kappa shape index (κ3) is 4.92. The van der Waals surface area contributed by atoms with Gasteiger partial charge in [0.15, 0.2) is 0 Å². The van der Waals surface area contributed by atoms with E-state index < -0.39 is 0 Å². The van der Waals surface area contributed by atoms with Crippen molar-refractivity contribution in [2.75, 3.05) is 12.4 Å². The van der Waals surface area contributed by atoms with Gasteiger partial charge in [0.2, 0.25) is 5.91 Å². The van der Waals surface area contributed by atoms with Gasteiger partial charge in [-0.1, -0.05) is 23.7 Å². The first-order valence-electron chi connectivity index (χ1n) is 7.28. The molecule has 0 aliphatic rings. The molecule has 4 nitrogen and oxygen atoms in total. The minimum Gasteiger partial charge on any atom is -0.495 e. The lowest BCUT2D eigenvalue weighted by Crippen LogP contribution is -2.22. The number of nitriles is 1. The summed E-state index contributed by atoms with van der Waals surface area (Å²) < 4.78 is 5.09. The van der Waals surface area contributed by atoms with Gasteiger partial charge in [-0.25, -0.2) is 0 Å². The number of nitrogens with zero attached hydrogens (tertiary/aromatic N) is 1. The van der Waals surface area contributed by atoms with E-state index in [1.54, 1.807) is 37.4 Å². The van der Waals surface area contributed by atoms with Gasteiger partial charge in [-0.05, 0) is 42.8 Å². The predicted molar refractivity (Wildman–Crippen MR) is 98.5 cm³/mol. The minimum atomic E-state index is -0.221. The molecule has 0 aliphatic carbocycles. The fraction of sp³-hybridized carbons (Fsp3) is 0.222. The molecule has 0 aromatic heterocycles. The predicted octanol–water partition coefficient (Wildman–Crippen LogP) is 4.48. The topological polar surface area (TPSA) is 62.1 Å². The monoisotopic (exact) mass is 360 g/mol. The van der Waals surface area contributed by atoms with Gasteiger partial charge in [-0.15, -0.1) is 11.8 Å². The second-order valence-corrected chi connectivity index (χ2v) is 6.84. The Balaban J connectivity index is 1.89. The Hall–Kier alpha value is -2.16. The van der Waals surface area contributed by atoms with Crippen LogP contribution < -0.4 is 10.1 Å². The fourth-order valence-corrected chi connectivity index (χ4v) is 3.06. The zero-order chi connectivity index (χ0) is 17.5. The highest BCUT2D eigenvalue weighted by Crippen LogP contribution is 2.28. The second kappa shape index (κ2) is 8.62. The summed E-state index contributed by atoms with van der Waals surface area (Å²) in [6.45, 7) is 1.86. The number of methoxy groups -OCH3 is 1. The van der Waals surface area contributed by atoms with E-state index in [4.69, 9.17) is 21.6 Å². The Bertz CT molecular complexity index is 757. The summed E-state index contributed by atoms with van der Waals surface area (Å²) in [7, 11) is 1.54. The lowest BCUT2D eigenvalue weighted by atomic mass is 10.2. The molecule has 0 radical (unpaired) electrons. The van der Waals surface area contributed by atoms with Crippen LogP contribution in [0.25, 0.3) is 0 Å². The van der Waals surface area contributed by atoms with Crippen molar-refractivity contribution >= 4 is 35.0 Å². The molecule has 1 atom stereocenters. The number of amides is 1. The Morgan fingerprint density at radius 3 is 2.62 bits per heavy atom. The van der Waals surface area contributed by atoms with Crippen LogP contribution in [-0.2, 0) is 10.5 Å². The Morgan fingerprint density at radius 2 is 2.04 bits per heavy atom. The van der Waals surface area contributed by atoms with E-state index in [9.17, 15) is 4.79 Å². The Kier molecular flexibility index (Phi) is 6.53. The van der Waals surface area contributed by atoms with Crippen LogP contribution in [0.5, 0.6) is 5.75 Å². The fourth-order valence-electron chi connectivity index (χ4n) is 1.96. The molecule has 24 heavy (non-hydrogen) atoms. The molecule has 0 heterocycles. The molecule has 124 valence electrons. The molecule has 2 rings (SSSR count). The summed E-state index contributed by atoms with van der Waals surface area (Å²) in [5, 5.41) is 11.9. The van der Waals surface area contributed by atoms with Crippen LogP contribution in [0.1, 0.15) is 18.1 Å². The number of thioether (sulfide) groups is 1. The number of nitrogens with one attached hydrogen (secondary N) is 1. The zero-order valence-corrected chi connectivity index (χ0v) is 14.9. The number of ether oxygens (including phenoxy) is 1. The van der Waals surface area contributed by atoms with Crippen LogP contribution in [0.2, 0.25) is 5.02 Å². The third-order valence-electron chi connectivity index (χ3n) is 3.37. The van der Waals surface area contributed by atoms with Crippen LogP contribution in [0, 0.1) is 11.3 Å². The van der Waals surface area contributed by atoms with Crippen molar-refractivity contribution in [3.05, 3.63) is 58.6 Å². The average molecular weight is 361 g/mol. The minimum absolute atomic E-state index is 0.0881. The first kappa shape index (κ1) is 18.2. The SMILES string of the molecule is COc1ccc(NC(=O)C(C)SCc2ccc(C#N)cc2)cc1Cl. The zero-order valence-electron chi connectivity index (χ0n) is 13.4. The molecule has 0 bridgehead atoms. The highest BCUT2D eigenvalue weighted by molar-refractivity contribution is 7.99. The number of carbonyl (C=O) groups excluding carboxylic acids is 1. The second-order valence-electron chi connectivity index (χ2n) is 5.10. The molecule has 0 saturated heterocycles. The number of anilines is 1. The van der Waals surface area contributed by atoms with Gasteiger partial charge in [-0.2, -0.15) is 5.26 Å². The normalized spacial score (nSPS) is 11.4. The number of benzene rings is 2. The van der Waals surface area contributed by atoms with E-state index in [1.165, 1.54) is 11.8 Å². The van der Waals surface area contributed by atoms with Crippen molar-refractivity contribution in [3.63, 3.8) is 0 Å². The summed E-state index contributed by atoms with van der Waals surface area (Å²) in [5.41, 5.74) is 2.34. The van der Waals surface area contributed by atoms with Crippen molar-refractivity contribution in [2.24, 2.45) is 0 Å². The molecule has 0 aliphatic heterocycles. The van der Waals surface area contributed by atoms with Crippen LogP contribution in [0.4, 0.5) is 5.69 Å². The summed E-state index contributed by atoms with van der Waals surface area (Å²) >= 11 is 7.58. The van der Waals surface area contributed by atoms with E-state index >= 15 is 0 Å². The molecule has 0 fully saturated rings. The number of carbonyl (C=O) groups is 1. The lowest BCUT2D eigenvalue weighted by Gasteiger charge is -2.13. The highest BCUT2D eigenvalue weighted by Gasteiger charge is 2.14. The van der Waals surface area contributed by atoms with E-state index in [2.05, 4.69) is 11.4 Å². The first-order chi connectivity index (χ1) is 11.5. The van der Waals surface area contributed by atoms with E-state index in [0.717, 1.165) is 5.56 Å². The van der Waals surface area contributed by atoms with Gasteiger partial charge in [0.1, 0.15) is 5.75 Å². The van der Waals surface area contributed by atoms with Gasteiger partial charge < -0.3 is 10.1 Å². The maximum absolute atomic E-state index is 12.3. The lowest BCUT2D eigenvalue weighted by molar-refractivity contribution is -0.115. The van der Waals surface area contributed by atoms with E-state index in [-0.39, 0.29) is 11.2 Å². The molecule has 1 N–H and O–H groups in total. The molecular weight excluding hydrogens is 344 g/mol. The smallest absolute Gasteiger partial charge is 0.237 e. The summed E-state index contributed by atoms with van der Waals surface area (Å²) in [4.78, 5) is 12.3. The molecular formula is C18H17ClN2O2S. The third-order valence-corrected chi connectivity index (χ3v) is 4.88. The standard InChI is InChI=1S/C18H17ClN2O2S/c1-12(24-11-14-5-3-13(10-20)4-6-14)18(22)21-15-7-8-17(23-2)16(19)9-15/h3-9,12H,11H2,1-2H3,(H,21,22). The average Bonchev–Trinajstić information content (AvgIpc) is 2.60. The van der Waals surface area contributed by atoms with Crippen LogP contribution in [0.3, 0.4) is 0 Å². The van der Waals surface area contributed by atoms with Gasteiger partial charge >= 0.3 is 0 Å². The maximum atomic E-state index is 12.3. The van der Waals surface area contributed by atoms with Gasteiger partial charge in [-0.3, -0.25) is 4.79 Å². The van der Waals surface area contributed by atoms with Crippen molar-refractivity contribution in [3.8, 4) is 11.8 Å². The molecule has 0 saturated carbocycles. The molecule has 6 heteroatoms. The van der Waals surface area contributed by atoms with Gasteiger partial charge in [0, 0.05) is 11.4 Å². The van der Waals surface area contributed by atoms with E-state index in [1.807, 2.05) is 19.1 Å². The quantitative estimate of drug-likeness (QED) is 0.824. The van der Waals surface area contributed by atoms with Crippen LogP contribution >= 0.6 is 23.4 Å². The molecule has 2 aromatic carbocycles. The summed E-state index contributed by atoms with van der Waals surface area (Å²) in [6.07, 6.45) is 0.